The predicted octanol–water partition coefficient (Wildman–Crippen LogP) is -3.21. The molecule has 9 N–H and O–H groups in total. The van der Waals surface area contributed by atoms with Crippen LogP contribution in [0.5, 0.6) is 0 Å². The zero-order chi connectivity index (χ0) is 22.0. The van der Waals surface area contributed by atoms with Gasteiger partial charge in [0, 0.05) is 0 Å². The molecule has 0 heterocycles. The van der Waals surface area contributed by atoms with Crippen LogP contribution in [0.2, 0.25) is 0 Å². The fraction of sp³-hybridized carbons (Fsp3) is 0.688. The number of amides is 4. The summed E-state index contributed by atoms with van der Waals surface area (Å²) >= 11 is 0. The largest absolute Gasteiger partial charge is 0.480 e. The Balaban J connectivity index is 5.12. The fourth-order valence-corrected chi connectivity index (χ4v) is 2.14. The average molecular weight is 403 g/mol. The van der Waals surface area contributed by atoms with Gasteiger partial charge < -0.3 is 37.6 Å². The zero-order valence-corrected chi connectivity index (χ0v) is 16.1. The number of hydrogen-bond donors (Lipinski definition) is 7. The Hall–Kier alpha value is -2.73. The first-order valence-corrected chi connectivity index (χ1v) is 8.67. The van der Waals surface area contributed by atoms with Gasteiger partial charge in [-0.25, -0.2) is 4.79 Å². The first kappa shape index (κ1) is 25.3. The summed E-state index contributed by atoms with van der Waals surface area (Å²) < 4.78 is 0. The molecule has 0 aliphatic carbocycles. The number of aliphatic hydroxyl groups is 1. The number of carboxylic acid groups (broad SMARTS) is 1. The highest BCUT2D eigenvalue weighted by atomic mass is 16.4. The topological polar surface area (TPSA) is 214 Å². The van der Waals surface area contributed by atoms with Gasteiger partial charge in [-0.05, 0) is 19.3 Å². The maximum Gasteiger partial charge on any atom is 0.326 e. The van der Waals surface area contributed by atoms with Crippen molar-refractivity contribution in [1.82, 2.24) is 16.0 Å². The minimum Gasteiger partial charge on any atom is -0.480 e. The number of nitrogens with two attached hydrogens (primary N) is 2. The van der Waals surface area contributed by atoms with Crippen molar-refractivity contribution < 1.29 is 34.2 Å². The Kier molecular flexibility index (Phi) is 10.7. The second kappa shape index (κ2) is 11.9. The summed E-state index contributed by atoms with van der Waals surface area (Å²) in [5.74, 6) is -4.65. The van der Waals surface area contributed by atoms with Crippen LogP contribution < -0.4 is 27.4 Å². The molecule has 12 nitrogen and oxygen atoms in total. The van der Waals surface area contributed by atoms with Gasteiger partial charge in [0.05, 0.1) is 13.0 Å². The van der Waals surface area contributed by atoms with Crippen LogP contribution >= 0.6 is 0 Å². The second-order valence-corrected chi connectivity index (χ2v) is 6.78. The standard InChI is InChI=1S/C16H29N5O7/c1-7(2)4-10(15(26)21-11(16(27)28)5-12(18)23)20-13(24)8(3)19-14(25)9(17)6-22/h7-11,22H,4-6,17H2,1-3H3,(H2,18,23)(H,19,25)(H,20,24)(H,21,26)(H,27,28). The van der Waals surface area contributed by atoms with Gasteiger partial charge in [0.25, 0.3) is 0 Å². The number of carbonyl (C=O) groups excluding carboxylic acids is 4. The van der Waals surface area contributed by atoms with Crippen molar-refractivity contribution in [1.29, 1.82) is 0 Å². The number of rotatable bonds is 12. The molecule has 0 aromatic carbocycles. The lowest BCUT2D eigenvalue weighted by Crippen LogP contribution is -2.57. The Morgan fingerprint density at radius 2 is 1.43 bits per heavy atom. The number of aliphatic carboxylic acids is 1. The predicted molar refractivity (Wildman–Crippen MR) is 97.4 cm³/mol. The van der Waals surface area contributed by atoms with E-state index < -0.39 is 66.8 Å². The van der Waals surface area contributed by atoms with Crippen molar-refractivity contribution >= 4 is 29.6 Å². The molecule has 0 aliphatic heterocycles. The first-order valence-electron chi connectivity index (χ1n) is 8.67. The third-order valence-corrected chi connectivity index (χ3v) is 3.65. The molecule has 0 saturated carbocycles. The van der Waals surface area contributed by atoms with Crippen LogP contribution in [0, 0.1) is 5.92 Å². The van der Waals surface area contributed by atoms with Gasteiger partial charge in [0.1, 0.15) is 24.2 Å². The SMILES string of the molecule is CC(C)CC(NC(=O)C(C)NC(=O)C(N)CO)C(=O)NC(CC(N)=O)C(=O)O. The molecule has 0 aromatic heterocycles. The van der Waals surface area contributed by atoms with E-state index in [0.29, 0.717) is 0 Å². The molecule has 160 valence electrons. The van der Waals surface area contributed by atoms with Gasteiger partial charge >= 0.3 is 5.97 Å². The number of carbonyl (C=O) groups is 5. The van der Waals surface area contributed by atoms with Crippen molar-refractivity contribution in [2.45, 2.75) is 57.8 Å². The minimum atomic E-state index is -1.53. The molecule has 0 aromatic rings. The van der Waals surface area contributed by atoms with Gasteiger partial charge in [-0.1, -0.05) is 13.8 Å². The van der Waals surface area contributed by atoms with Crippen LogP contribution in [0.4, 0.5) is 0 Å². The molecule has 0 rings (SSSR count). The van der Waals surface area contributed by atoms with Crippen molar-refractivity contribution in [2.75, 3.05) is 6.61 Å². The highest BCUT2D eigenvalue weighted by Crippen LogP contribution is 2.06. The van der Waals surface area contributed by atoms with Gasteiger partial charge in [0.15, 0.2) is 0 Å². The third-order valence-electron chi connectivity index (χ3n) is 3.65. The van der Waals surface area contributed by atoms with E-state index in [1.807, 2.05) is 0 Å². The number of hydrogen-bond acceptors (Lipinski definition) is 7. The van der Waals surface area contributed by atoms with E-state index in [2.05, 4.69) is 16.0 Å². The molecule has 4 amide bonds. The fourth-order valence-electron chi connectivity index (χ4n) is 2.14. The van der Waals surface area contributed by atoms with Crippen molar-refractivity contribution in [2.24, 2.45) is 17.4 Å². The molecule has 4 atom stereocenters. The molecule has 0 fully saturated rings. The summed E-state index contributed by atoms with van der Waals surface area (Å²) in [6, 6.07) is -4.90. The Bertz CT molecular complexity index is 596. The van der Waals surface area contributed by atoms with Gasteiger partial charge in [-0.15, -0.1) is 0 Å². The van der Waals surface area contributed by atoms with Crippen LogP contribution in [0.3, 0.4) is 0 Å². The molecular weight excluding hydrogens is 374 g/mol. The summed E-state index contributed by atoms with van der Waals surface area (Å²) in [5, 5.41) is 24.8. The van der Waals surface area contributed by atoms with Crippen molar-refractivity contribution in [3.05, 3.63) is 0 Å². The Morgan fingerprint density at radius 3 is 1.86 bits per heavy atom. The zero-order valence-electron chi connectivity index (χ0n) is 16.1. The lowest BCUT2D eigenvalue weighted by atomic mass is 10.0. The highest BCUT2D eigenvalue weighted by Gasteiger charge is 2.29. The number of carboxylic acids is 1. The van der Waals surface area contributed by atoms with E-state index in [1.54, 1.807) is 13.8 Å². The maximum absolute atomic E-state index is 12.4. The first-order chi connectivity index (χ1) is 12.9. The molecule has 0 aliphatic rings. The van der Waals surface area contributed by atoms with Crippen molar-refractivity contribution in [3.63, 3.8) is 0 Å². The summed E-state index contributed by atoms with van der Waals surface area (Å²) in [4.78, 5) is 58.5. The summed E-state index contributed by atoms with van der Waals surface area (Å²) in [6.45, 7) is 4.33. The van der Waals surface area contributed by atoms with E-state index in [0.717, 1.165) is 0 Å². The van der Waals surface area contributed by atoms with Gasteiger partial charge in [-0.2, -0.15) is 0 Å². The van der Waals surface area contributed by atoms with Crippen LogP contribution in [-0.4, -0.2) is 70.6 Å². The number of aliphatic hydroxyl groups excluding tert-OH is 1. The molecule has 0 saturated heterocycles. The highest BCUT2D eigenvalue weighted by molar-refractivity contribution is 5.94. The van der Waals surface area contributed by atoms with Crippen LogP contribution in [0.1, 0.15) is 33.6 Å². The number of primary amides is 1. The smallest absolute Gasteiger partial charge is 0.326 e. The molecule has 4 unspecified atom stereocenters. The van der Waals surface area contributed by atoms with E-state index in [-0.39, 0.29) is 12.3 Å². The van der Waals surface area contributed by atoms with E-state index >= 15 is 0 Å². The second-order valence-electron chi connectivity index (χ2n) is 6.78. The Labute approximate surface area is 162 Å². The van der Waals surface area contributed by atoms with Crippen LogP contribution in [0.25, 0.3) is 0 Å². The lowest BCUT2D eigenvalue weighted by molar-refractivity contribution is -0.143. The Morgan fingerprint density at radius 1 is 0.893 bits per heavy atom. The van der Waals surface area contributed by atoms with Crippen LogP contribution in [-0.2, 0) is 24.0 Å². The molecular formula is C16H29N5O7. The summed E-state index contributed by atoms with van der Waals surface area (Å²) in [6.07, 6.45) is -0.424. The van der Waals surface area contributed by atoms with Gasteiger partial charge in [0.2, 0.25) is 23.6 Å². The number of nitrogens with one attached hydrogen (secondary N) is 3. The molecule has 0 radical (unpaired) electrons. The van der Waals surface area contributed by atoms with E-state index in [4.69, 9.17) is 21.7 Å². The van der Waals surface area contributed by atoms with Gasteiger partial charge in [-0.3, -0.25) is 19.2 Å². The van der Waals surface area contributed by atoms with Crippen LogP contribution in [0.15, 0.2) is 0 Å². The monoisotopic (exact) mass is 403 g/mol. The summed E-state index contributed by atoms with van der Waals surface area (Å²) in [5.41, 5.74) is 10.3. The molecule has 28 heavy (non-hydrogen) atoms. The third kappa shape index (κ3) is 9.28. The van der Waals surface area contributed by atoms with E-state index in [1.165, 1.54) is 6.92 Å². The van der Waals surface area contributed by atoms with Crippen molar-refractivity contribution in [3.8, 4) is 0 Å². The molecule has 0 bridgehead atoms. The minimum absolute atomic E-state index is 0.0387. The summed E-state index contributed by atoms with van der Waals surface area (Å²) in [7, 11) is 0. The lowest BCUT2D eigenvalue weighted by Gasteiger charge is -2.24. The molecule has 12 heteroatoms. The van der Waals surface area contributed by atoms with E-state index in [9.17, 15) is 24.0 Å². The average Bonchev–Trinajstić information content (AvgIpc) is 2.58. The maximum atomic E-state index is 12.4. The normalized spacial score (nSPS) is 15.1. The molecule has 0 spiro atoms. The quantitative estimate of drug-likeness (QED) is 0.175.